The zero-order valence-electron chi connectivity index (χ0n) is 13.9. The Morgan fingerprint density at radius 2 is 2.00 bits per heavy atom. The minimum Gasteiger partial charge on any atom is -0.497 e. The highest BCUT2D eigenvalue weighted by atomic mass is 19.1. The van der Waals surface area contributed by atoms with Crippen LogP contribution in [0.2, 0.25) is 0 Å². The number of imidazole rings is 1. The minimum absolute atomic E-state index is 0.285. The molecule has 0 aliphatic heterocycles. The fourth-order valence-corrected chi connectivity index (χ4v) is 2.80. The number of benzene rings is 2. The van der Waals surface area contributed by atoms with Gasteiger partial charge >= 0.3 is 0 Å². The van der Waals surface area contributed by atoms with Crippen molar-refractivity contribution in [2.24, 2.45) is 0 Å². The third-order valence-corrected chi connectivity index (χ3v) is 4.09. The summed E-state index contributed by atoms with van der Waals surface area (Å²) in [4.78, 5) is 24.1. The van der Waals surface area contributed by atoms with E-state index in [1.54, 1.807) is 36.2 Å². The first kappa shape index (κ1) is 16.0. The summed E-state index contributed by atoms with van der Waals surface area (Å²) in [6, 6.07) is 13.4. The molecule has 0 unspecified atom stereocenters. The lowest BCUT2D eigenvalue weighted by molar-refractivity contribution is 0.415. The van der Waals surface area contributed by atoms with E-state index in [0.29, 0.717) is 29.3 Å². The number of methoxy groups -OCH3 is 1. The van der Waals surface area contributed by atoms with Crippen molar-refractivity contribution in [3.05, 3.63) is 76.6 Å². The van der Waals surface area contributed by atoms with E-state index < -0.39 is 0 Å². The molecule has 0 bridgehead atoms. The van der Waals surface area contributed by atoms with Crippen LogP contribution in [0.15, 0.2) is 59.7 Å². The van der Waals surface area contributed by atoms with E-state index >= 15 is 0 Å². The minimum atomic E-state index is -0.299. The molecule has 2 aromatic heterocycles. The third-order valence-electron chi connectivity index (χ3n) is 4.09. The van der Waals surface area contributed by atoms with Crippen molar-refractivity contribution in [1.29, 1.82) is 0 Å². The number of nitrogens with one attached hydrogen (secondary N) is 1. The molecule has 0 amide bonds. The second-order valence-electron chi connectivity index (χ2n) is 5.82. The molecule has 0 atom stereocenters. The average molecular weight is 350 g/mol. The van der Waals surface area contributed by atoms with Crippen molar-refractivity contribution >= 4 is 11.2 Å². The Bertz CT molecular complexity index is 1130. The Kier molecular flexibility index (Phi) is 3.96. The molecule has 0 radical (unpaired) electrons. The van der Waals surface area contributed by atoms with Crippen LogP contribution in [-0.2, 0) is 6.54 Å². The van der Waals surface area contributed by atoms with Crippen LogP contribution in [0.5, 0.6) is 5.75 Å². The molecule has 4 aromatic rings. The highest BCUT2D eigenvalue weighted by Crippen LogP contribution is 2.21. The number of aromatic nitrogens is 4. The number of rotatable bonds is 4. The van der Waals surface area contributed by atoms with E-state index in [1.807, 2.05) is 18.2 Å². The fraction of sp³-hybridized carbons (Fsp3) is 0.105. The van der Waals surface area contributed by atoms with Gasteiger partial charge in [0, 0.05) is 12.1 Å². The smallest absolute Gasteiger partial charge is 0.277 e. The fourth-order valence-electron chi connectivity index (χ4n) is 2.80. The first-order valence-electron chi connectivity index (χ1n) is 7.98. The summed E-state index contributed by atoms with van der Waals surface area (Å²) >= 11 is 0. The molecule has 0 spiro atoms. The molecule has 0 aliphatic carbocycles. The maximum absolute atomic E-state index is 13.0. The molecule has 0 fully saturated rings. The van der Waals surface area contributed by atoms with E-state index in [9.17, 15) is 9.18 Å². The van der Waals surface area contributed by atoms with Gasteiger partial charge in [0.2, 0.25) is 0 Å². The molecule has 6 nitrogen and oxygen atoms in total. The quantitative estimate of drug-likeness (QED) is 0.614. The number of hydrogen-bond donors (Lipinski definition) is 1. The number of nitrogens with zero attached hydrogens (tertiary/aromatic N) is 3. The molecular formula is C19H15FN4O2. The lowest BCUT2D eigenvalue weighted by Gasteiger charge is -2.06. The summed E-state index contributed by atoms with van der Waals surface area (Å²) in [6.07, 6.45) is 1.56. The predicted molar refractivity (Wildman–Crippen MR) is 95.6 cm³/mol. The van der Waals surface area contributed by atoms with Crippen LogP contribution >= 0.6 is 0 Å². The monoisotopic (exact) mass is 350 g/mol. The Morgan fingerprint density at radius 1 is 1.19 bits per heavy atom. The van der Waals surface area contributed by atoms with Crippen molar-refractivity contribution in [2.75, 3.05) is 7.11 Å². The molecule has 26 heavy (non-hydrogen) atoms. The van der Waals surface area contributed by atoms with Gasteiger partial charge in [-0.3, -0.25) is 4.79 Å². The lowest BCUT2D eigenvalue weighted by atomic mass is 10.2. The molecule has 0 saturated heterocycles. The van der Waals surface area contributed by atoms with Gasteiger partial charge in [-0.15, -0.1) is 0 Å². The second-order valence-corrected chi connectivity index (χ2v) is 5.82. The normalized spacial score (nSPS) is 11.0. The Labute approximate surface area is 147 Å². The molecule has 0 aliphatic rings. The molecular weight excluding hydrogens is 335 g/mol. The van der Waals surface area contributed by atoms with E-state index in [2.05, 4.69) is 15.0 Å². The second kappa shape index (κ2) is 6.44. The molecule has 0 saturated carbocycles. The Morgan fingerprint density at radius 3 is 2.77 bits per heavy atom. The first-order chi connectivity index (χ1) is 12.6. The molecule has 4 rings (SSSR count). The number of aromatic amines is 1. The number of ether oxygens (including phenoxy) is 1. The standard InChI is InChI=1S/C19H15FN4O2/c1-26-15-4-2-3-13(9-15)17-22-18-16(19(25)23-17)24(11-21-18)10-12-5-7-14(20)8-6-12/h2-9,11H,10H2,1H3,(H,22,23,25). The van der Waals surface area contributed by atoms with Gasteiger partial charge in [0.15, 0.2) is 11.2 Å². The highest BCUT2D eigenvalue weighted by Gasteiger charge is 2.12. The summed E-state index contributed by atoms with van der Waals surface area (Å²) in [7, 11) is 1.58. The summed E-state index contributed by atoms with van der Waals surface area (Å²) in [5.41, 5.74) is 2.04. The van der Waals surface area contributed by atoms with Crippen molar-refractivity contribution in [1.82, 2.24) is 19.5 Å². The highest BCUT2D eigenvalue weighted by molar-refractivity contribution is 5.73. The summed E-state index contributed by atoms with van der Waals surface area (Å²) in [5.74, 6) is 0.798. The van der Waals surface area contributed by atoms with Crippen LogP contribution in [0, 0.1) is 5.82 Å². The van der Waals surface area contributed by atoms with Crippen LogP contribution in [0.4, 0.5) is 4.39 Å². The lowest BCUT2D eigenvalue weighted by Crippen LogP contribution is -2.13. The van der Waals surface area contributed by atoms with Crippen molar-refractivity contribution in [2.45, 2.75) is 6.54 Å². The zero-order chi connectivity index (χ0) is 18.1. The summed E-state index contributed by atoms with van der Waals surface area (Å²) < 4.78 is 20.0. The van der Waals surface area contributed by atoms with E-state index in [0.717, 1.165) is 11.1 Å². The van der Waals surface area contributed by atoms with Gasteiger partial charge in [-0.05, 0) is 29.8 Å². The molecule has 1 N–H and O–H groups in total. The maximum atomic E-state index is 13.0. The van der Waals surface area contributed by atoms with Crippen LogP contribution in [0.25, 0.3) is 22.6 Å². The first-order valence-corrected chi connectivity index (χ1v) is 7.98. The number of fused-ring (bicyclic) bond motifs is 1. The van der Waals surface area contributed by atoms with Crippen molar-refractivity contribution in [3.8, 4) is 17.1 Å². The van der Waals surface area contributed by atoms with Gasteiger partial charge in [0.05, 0.1) is 13.4 Å². The average Bonchev–Trinajstić information content (AvgIpc) is 3.07. The van der Waals surface area contributed by atoms with Gasteiger partial charge < -0.3 is 14.3 Å². The van der Waals surface area contributed by atoms with E-state index in [4.69, 9.17) is 4.74 Å². The van der Waals surface area contributed by atoms with Crippen molar-refractivity contribution < 1.29 is 9.13 Å². The van der Waals surface area contributed by atoms with E-state index in [1.165, 1.54) is 12.1 Å². The largest absolute Gasteiger partial charge is 0.497 e. The summed E-state index contributed by atoms with van der Waals surface area (Å²) in [5, 5.41) is 0. The Balaban J connectivity index is 1.75. The number of hydrogen-bond acceptors (Lipinski definition) is 4. The summed E-state index contributed by atoms with van der Waals surface area (Å²) in [6.45, 7) is 0.403. The van der Waals surface area contributed by atoms with Crippen molar-refractivity contribution in [3.63, 3.8) is 0 Å². The molecule has 130 valence electrons. The zero-order valence-corrected chi connectivity index (χ0v) is 13.9. The van der Waals surface area contributed by atoms with Gasteiger partial charge in [-0.1, -0.05) is 24.3 Å². The molecule has 2 aromatic carbocycles. The van der Waals surface area contributed by atoms with Gasteiger partial charge in [0.25, 0.3) is 5.56 Å². The van der Waals surface area contributed by atoms with Gasteiger partial charge in [0.1, 0.15) is 17.4 Å². The van der Waals surface area contributed by atoms with Gasteiger partial charge in [-0.25, -0.2) is 14.4 Å². The van der Waals surface area contributed by atoms with Gasteiger partial charge in [-0.2, -0.15) is 0 Å². The number of halogens is 1. The predicted octanol–water partition coefficient (Wildman–Crippen LogP) is 2.98. The maximum Gasteiger partial charge on any atom is 0.277 e. The van der Waals surface area contributed by atoms with E-state index in [-0.39, 0.29) is 11.4 Å². The third kappa shape index (κ3) is 2.95. The van der Waals surface area contributed by atoms with Crippen LogP contribution in [0.3, 0.4) is 0 Å². The van der Waals surface area contributed by atoms with Crippen LogP contribution in [0.1, 0.15) is 5.56 Å². The SMILES string of the molecule is COc1cccc(-c2nc3ncn(Cc4ccc(F)cc4)c3c(=O)[nH]2)c1. The Hall–Kier alpha value is -3.48. The molecule has 2 heterocycles. The van der Waals surface area contributed by atoms with Crippen LogP contribution < -0.4 is 10.3 Å². The molecule has 7 heteroatoms. The number of H-pyrrole nitrogens is 1. The topological polar surface area (TPSA) is 72.8 Å². The van der Waals surface area contributed by atoms with Crippen LogP contribution in [-0.4, -0.2) is 26.6 Å².